The molecule has 13 heavy (non-hydrogen) atoms. The van der Waals surface area contributed by atoms with Crippen molar-refractivity contribution in [2.45, 2.75) is 26.7 Å². The van der Waals surface area contributed by atoms with Crippen LogP contribution < -0.4 is 0 Å². The van der Waals surface area contributed by atoms with Gasteiger partial charge in [-0.05, 0) is 12.3 Å². The standard InChI is InChI=1S/C10H13N3/c1-3-8(2)4-9-6-13-10(5-11)7-12-9/h6-8H,3-4H2,1-2H3. The van der Waals surface area contributed by atoms with Crippen LogP contribution in [0.15, 0.2) is 12.4 Å². The van der Waals surface area contributed by atoms with E-state index in [0.29, 0.717) is 11.6 Å². The van der Waals surface area contributed by atoms with Crippen molar-refractivity contribution in [3.63, 3.8) is 0 Å². The maximum atomic E-state index is 8.50. The van der Waals surface area contributed by atoms with Crippen LogP contribution in [0, 0.1) is 17.2 Å². The number of aromatic nitrogens is 2. The van der Waals surface area contributed by atoms with E-state index < -0.39 is 0 Å². The van der Waals surface area contributed by atoms with E-state index >= 15 is 0 Å². The summed E-state index contributed by atoms with van der Waals surface area (Å²) in [6, 6.07) is 1.95. The Balaban J connectivity index is 2.65. The lowest BCUT2D eigenvalue weighted by Gasteiger charge is -2.05. The van der Waals surface area contributed by atoms with E-state index in [1.54, 1.807) is 6.20 Å². The van der Waals surface area contributed by atoms with Crippen LogP contribution in [0.1, 0.15) is 31.7 Å². The number of hydrogen-bond donors (Lipinski definition) is 0. The maximum Gasteiger partial charge on any atom is 0.158 e. The second-order valence-electron chi connectivity index (χ2n) is 3.22. The summed E-state index contributed by atoms with van der Waals surface area (Å²) in [4.78, 5) is 8.11. The molecule has 68 valence electrons. The molecule has 0 aliphatic carbocycles. The summed E-state index contributed by atoms with van der Waals surface area (Å²) < 4.78 is 0. The van der Waals surface area contributed by atoms with Crippen molar-refractivity contribution in [1.29, 1.82) is 5.26 Å². The zero-order chi connectivity index (χ0) is 9.68. The highest BCUT2D eigenvalue weighted by Crippen LogP contribution is 2.07. The fourth-order valence-corrected chi connectivity index (χ4v) is 1.02. The highest BCUT2D eigenvalue weighted by atomic mass is 14.8. The van der Waals surface area contributed by atoms with Gasteiger partial charge in [0.2, 0.25) is 0 Å². The summed E-state index contributed by atoms with van der Waals surface area (Å²) in [6.07, 6.45) is 5.29. The SMILES string of the molecule is CCC(C)Cc1cnc(C#N)cn1. The minimum atomic E-state index is 0.382. The van der Waals surface area contributed by atoms with Crippen molar-refractivity contribution >= 4 is 0 Å². The molecule has 3 heteroatoms. The van der Waals surface area contributed by atoms with E-state index in [9.17, 15) is 0 Å². The summed E-state index contributed by atoms with van der Waals surface area (Å²) in [7, 11) is 0. The van der Waals surface area contributed by atoms with Crippen LogP contribution in [0.25, 0.3) is 0 Å². The molecule has 1 aromatic rings. The van der Waals surface area contributed by atoms with Gasteiger partial charge in [-0.3, -0.25) is 4.98 Å². The van der Waals surface area contributed by atoms with Gasteiger partial charge in [-0.2, -0.15) is 5.26 Å². The third kappa shape index (κ3) is 2.83. The van der Waals surface area contributed by atoms with Gasteiger partial charge in [-0.25, -0.2) is 4.98 Å². The Hall–Kier alpha value is -1.43. The van der Waals surface area contributed by atoms with E-state index in [0.717, 1.165) is 18.5 Å². The van der Waals surface area contributed by atoms with Crippen LogP contribution in [-0.4, -0.2) is 9.97 Å². The lowest BCUT2D eigenvalue weighted by atomic mass is 10.0. The van der Waals surface area contributed by atoms with E-state index in [2.05, 4.69) is 23.8 Å². The van der Waals surface area contributed by atoms with Gasteiger partial charge in [-0.15, -0.1) is 0 Å². The highest BCUT2D eigenvalue weighted by Gasteiger charge is 2.02. The van der Waals surface area contributed by atoms with Crippen molar-refractivity contribution < 1.29 is 0 Å². The first-order chi connectivity index (χ1) is 6.26. The quantitative estimate of drug-likeness (QED) is 0.705. The van der Waals surface area contributed by atoms with Crippen LogP contribution in [0.5, 0.6) is 0 Å². The molecule has 0 saturated carbocycles. The van der Waals surface area contributed by atoms with Gasteiger partial charge in [0.25, 0.3) is 0 Å². The van der Waals surface area contributed by atoms with Crippen molar-refractivity contribution in [3.05, 3.63) is 23.8 Å². The minimum Gasteiger partial charge on any atom is -0.257 e. The molecule has 0 N–H and O–H groups in total. The van der Waals surface area contributed by atoms with Gasteiger partial charge in [0.1, 0.15) is 6.07 Å². The topological polar surface area (TPSA) is 49.6 Å². The zero-order valence-electron chi connectivity index (χ0n) is 7.99. The van der Waals surface area contributed by atoms with Gasteiger partial charge in [-0.1, -0.05) is 20.3 Å². The third-order valence-electron chi connectivity index (χ3n) is 2.07. The summed E-state index contributed by atoms with van der Waals surface area (Å²) in [5.74, 6) is 0.627. The molecular weight excluding hydrogens is 162 g/mol. The van der Waals surface area contributed by atoms with E-state index in [4.69, 9.17) is 5.26 Å². The van der Waals surface area contributed by atoms with Crippen LogP contribution in [0.3, 0.4) is 0 Å². The molecule has 3 nitrogen and oxygen atoms in total. The second kappa shape index (κ2) is 4.56. The van der Waals surface area contributed by atoms with Crippen LogP contribution >= 0.6 is 0 Å². The molecule has 0 amide bonds. The van der Waals surface area contributed by atoms with Gasteiger partial charge in [0.05, 0.1) is 11.9 Å². The average Bonchev–Trinajstić information content (AvgIpc) is 2.19. The molecule has 0 bridgehead atoms. The Morgan fingerprint density at radius 2 is 2.23 bits per heavy atom. The molecule has 1 rings (SSSR count). The van der Waals surface area contributed by atoms with E-state index in [1.807, 2.05) is 6.07 Å². The second-order valence-corrected chi connectivity index (χ2v) is 3.22. The normalized spacial score (nSPS) is 12.1. The number of hydrogen-bond acceptors (Lipinski definition) is 3. The Kier molecular flexibility index (Phi) is 3.39. The summed E-state index contributed by atoms with van der Waals surface area (Å²) in [5.41, 5.74) is 1.35. The summed E-state index contributed by atoms with van der Waals surface area (Å²) in [6.45, 7) is 4.33. The number of nitriles is 1. The van der Waals surface area contributed by atoms with Crippen molar-refractivity contribution in [2.75, 3.05) is 0 Å². The lowest BCUT2D eigenvalue weighted by molar-refractivity contribution is 0.551. The minimum absolute atomic E-state index is 0.382. The van der Waals surface area contributed by atoms with Crippen molar-refractivity contribution in [3.8, 4) is 6.07 Å². The van der Waals surface area contributed by atoms with Crippen LogP contribution in [-0.2, 0) is 6.42 Å². The molecule has 1 unspecified atom stereocenters. The Morgan fingerprint density at radius 1 is 1.46 bits per heavy atom. The highest BCUT2D eigenvalue weighted by molar-refractivity contribution is 5.16. The Labute approximate surface area is 78.5 Å². The first-order valence-corrected chi connectivity index (χ1v) is 4.47. The van der Waals surface area contributed by atoms with Crippen LogP contribution in [0.4, 0.5) is 0 Å². The van der Waals surface area contributed by atoms with Gasteiger partial charge >= 0.3 is 0 Å². The first kappa shape index (κ1) is 9.66. The summed E-state index contributed by atoms with van der Waals surface area (Å²) in [5, 5.41) is 8.50. The smallest absolute Gasteiger partial charge is 0.158 e. The Morgan fingerprint density at radius 3 is 2.69 bits per heavy atom. The molecule has 0 aliphatic heterocycles. The van der Waals surface area contributed by atoms with Gasteiger partial charge in [0, 0.05) is 6.20 Å². The van der Waals surface area contributed by atoms with Gasteiger partial charge < -0.3 is 0 Å². The fraction of sp³-hybridized carbons (Fsp3) is 0.500. The average molecular weight is 175 g/mol. The molecule has 1 heterocycles. The van der Waals surface area contributed by atoms with Gasteiger partial charge in [0.15, 0.2) is 5.69 Å². The van der Waals surface area contributed by atoms with E-state index in [-0.39, 0.29) is 0 Å². The number of nitrogens with zero attached hydrogens (tertiary/aromatic N) is 3. The predicted molar refractivity (Wildman–Crippen MR) is 49.9 cm³/mol. The predicted octanol–water partition coefficient (Wildman–Crippen LogP) is 1.94. The largest absolute Gasteiger partial charge is 0.257 e. The molecule has 0 fully saturated rings. The molecule has 1 aromatic heterocycles. The van der Waals surface area contributed by atoms with Crippen molar-refractivity contribution in [2.24, 2.45) is 5.92 Å². The Bertz CT molecular complexity index is 297. The molecular formula is C10H13N3. The molecule has 0 saturated heterocycles. The number of rotatable bonds is 3. The molecule has 1 atom stereocenters. The van der Waals surface area contributed by atoms with Crippen LogP contribution in [0.2, 0.25) is 0 Å². The van der Waals surface area contributed by atoms with E-state index in [1.165, 1.54) is 6.20 Å². The first-order valence-electron chi connectivity index (χ1n) is 4.47. The molecule has 0 radical (unpaired) electrons. The monoisotopic (exact) mass is 175 g/mol. The molecule has 0 aromatic carbocycles. The summed E-state index contributed by atoms with van der Waals surface area (Å²) >= 11 is 0. The molecule has 0 aliphatic rings. The zero-order valence-corrected chi connectivity index (χ0v) is 7.99. The maximum absolute atomic E-state index is 8.50. The third-order valence-corrected chi connectivity index (χ3v) is 2.07. The van der Waals surface area contributed by atoms with Crippen molar-refractivity contribution in [1.82, 2.24) is 9.97 Å². The fourth-order valence-electron chi connectivity index (χ4n) is 1.02. The lowest BCUT2D eigenvalue weighted by Crippen LogP contribution is -2.01. The molecule has 0 spiro atoms.